The zero-order valence-corrected chi connectivity index (χ0v) is 14.2. The molecule has 132 valence electrons. The van der Waals surface area contributed by atoms with Crippen molar-refractivity contribution in [2.75, 3.05) is 11.5 Å². The summed E-state index contributed by atoms with van der Waals surface area (Å²) >= 11 is 0. The zero-order chi connectivity index (χ0) is 18.1. The standard InChI is InChI=1S/C15H16F2N6OS/c1-2-5-25(19)14-21-12(18)11-13(22-14)23(15(24)20-11)7-8-3-4-9(16)10(17)6-8/h3-4,6,19H,2,5,7H2,1H3,(H,20,24)(H2,18,21,22). The third-order valence-corrected chi connectivity index (χ3v) is 5.02. The highest BCUT2D eigenvalue weighted by Crippen LogP contribution is 2.18. The van der Waals surface area contributed by atoms with Crippen molar-refractivity contribution >= 4 is 27.7 Å². The monoisotopic (exact) mass is 366 g/mol. The Morgan fingerprint density at radius 1 is 1.32 bits per heavy atom. The molecule has 2 aromatic heterocycles. The molecule has 10 heteroatoms. The largest absolute Gasteiger partial charge is 0.382 e. The predicted molar refractivity (Wildman–Crippen MR) is 91.5 cm³/mol. The maximum absolute atomic E-state index is 13.4. The lowest BCUT2D eigenvalue weighted by Crippen LogP contribution is -2.18. The van der Waals surface area contributed by atoms with Crippen molar-refractivity contribution in [2.24, 2.45) is 0 Å². The number of H-pyrrole nitrogens is 1. The number of imidazole rings is 1. The highest BCUT2D eigenvalue weighted by atomic mass is 32.2. The Balaban J connectivity index is 2.10. The van der Waals surface area contributed by atoms with Crippen LogP contribution in [0.3, 0.4) is 0 Å². The average Bonchev–Trinajstić information content (AvgIpc) is 2.88. The fourth-order valence-corrected chi connectivity index (χ4v) is 3.40. The maximum atomic E-state index is 13.4. The Morgan fingerprint density at radius 2 is 2.08 bits per heavy atom. The lowest BCUT2D eigenvalue weighted by Gasteiger charge is -2.07. The summed E-state index contributed by atoms with van der Waals surface area (Å²) in [5.41, 5.74) is 6.32. The molecule has 1 aromatic carbocycles. The van der Waals surface area contributed by atoms with Gasteiger partial charge in [0.25, 0.3) is 0 Å². The number of hydrogen-bond acceptors (Lipinski definition) is 5. The molecule has 25 heavy (non-hydrogen) atoms. The smallest absolute Gasteiger partial charge is 0.328 e. The Morgan fingerprint density at radius 3 is 2.76 bits per heavy atom. The third-order valence-electron chi connectivity index (χ3n) is 3.58. The van der Waals surface area contributed by atoms with Crippen LogP contribution in [0.1, 0.15) is 18.9 Å². The molecule has 1 unspecified atom stereocenters. The van der Waals surface area contributed by atoms with E-state index in [9.17, 15) is 13.6 Å². The van der Waals surface area contributed by atoms with Gasteiger partial charge >= 0.3 is 5.69 Å². The molecule has 0 aliphatic carbocycles. The Bertz CT molecular complexity index is 1030. The number of nitrogen functional groups attached to an aromatic ring is 1. The van der Waals surface area contributed by atoms with E-state index >= 15 is 0 Å². The molecular formula is C15H16F2N6OS. The molecular weight excluding hydrogens is 350 g/mol. The first-order chi connectivity index (χ1) is 11.9. The number of rotatable bonds is 5. The first-order valence-electron chi connectivity index (χ1n) is 7.52. The molecule has 0 aliphatic rings. The Kier molecular flexibility index (Phi) is 4.62. The first-order valence-corrected chi connectivity index (χ1v) is 8.92. The van der Waals surface area contributed by atoms with E-state index in [1.165, 1.54) is 10.6 Å². The minimum Gasteiger partial charge on any atom is -0.382 e. The van der Waals surface area contributed by atoms with E-state index in [1.54, 1.807) is 0 Å². The summed E-state index contributed by atoms with van der Waals surface area (Å²) in [7, 11) is -0.943. The molecule has 4 N–H and O–H groups in total. The van der Waals surface area contributed by atoms with Gasteiger partial charge in [-0.15, -0.1) is 0 Å². The molecule has 0 radical (unpaired) electrons. The third kappa shape index (κ3) is 3.29. The van der Waals surface area contributed by atoms with Crippen molar-refractivity contribution in [3.8, 4) is 0 Å². The van der Waals surface area contributed by atoms with Crippen LogP contribution in [-0.4, -0.2) is 25.3 Å². The number of nitrogens with two attached hydrogens (primary N) is 1. The van der Waals surface area contributed by atoms with Gasteiger partial charge in [-0.3, -0.25) is 9.35 Å². The van der Waals surface area contributed by atoms with Crippen LogP contribution >= 0.6 is 0 Å². The summed E-state index contributed by atoms with van der Waals surface area (Å²) in [5.74, 6) is -1.28. The van der Waals surface area contributed by atoms with Crippen molar-refractivity contribution in [2.45, 2.75) is 25.0 Å². The molecule has 3 aromatic rings. The minimum absolute atomic E-state index is 0.00845. The number of hydrogen-bond donors (Lipinski definition) is 3. The van der Waals surface area contributed by atoms with E-state index < -0.39 is 28.0 Å². The van der Waals surface area contributed by atoms with Crippen molar-refractivity contribution in [3.63, 3.8) is 0 Å². The maximum Gasteiger partial charge on any atom is 0.328 e. The van der Waals surface area contributed by atoms with Crippen LogP contribution in [0.25, 0.3) is 11.2 Å². The zero-order valence-electron chi connectivity index (χ0n) is 13.3. The SMILES string of the molecule is CCCS(=N)c1nc(N)c2[nH]c(=O)n(Cc3ccc(F)c(F)c3)c2n1. The molecule has 2 heterocycles. The fraction of sp³-hybridized carbons (Fsp3) is 0.267. The number of benzene rings is 1. The number of anilines is 1. The quantitative estimate of drug-likeness (QED) is 0.601. The van der Waals surface area contributed by atoms with Gasteiger partial charge < -0.3 is 10.7 Å². The highest BCUT2D eigenvalue weighted by Gasteiger charge is 2.16. The molecule has 1 atom stereocenters. The first kappa shape index (κ1) is 17.2. The van der Waals surface area contributed by atoms with Gasteiger partial charge in [0.15, 0.2) is 23.1 Å². The number of aromatic nitrogens is 4. The molecule has 0 aliphatic heterocycles. The number of nitrogens with one attached hydrogen (secondary N) is 2. The summed E-state index contributed by atoms with van der Waals surface area (Å²) in [5, 5.41) is 0.255. The molecule has 3 rings (SSSR count). The number of halogens is 2. The topological polar surface area (TPSA) is 113 Å². The van der Waals surface area contributed by atoms with Crippen molar-refractivity contribution in [1.82, 2.24) is 19.5 Å². The second-order valence-corrected chi connectivity index (χ2v) is 7.00. The molecule has 0 amide bonds. The van der Waals surface area contributed by atoms with E-state index in [-0.39, 0.29) is 28.7 Å². The summed E-state index contributed by atoms with van der Waals surface area (Å²) in [4.78, 5) is 23.2. The second-order valence-electron chi connectivity index (χ2n) is 5.45. The molecule has 0 saturated carbocycles. The van der Waals surface area contributed by atoms with Crippen LogP contribution in [0.4, 0.5) is 14.6 Å². The van der Waals surface area contributed by atoms with Crippen molar-refractivity contribution in [1.29, 1.82) is 4.78 Å². The Hall–Kier alpha value is -2.62. The van der Waals surface area contributed by atoms with Gasteiger partial charge in [-0.25, -0.2) is 23.5 Å². The molecule has 0 fully saturated rings. The van der Waals surface area contributed by atoms with E-state index in [4.69, 9.17) is 10.5 Å². The molecule has 7 nitrogen and oxygen atoms in total. The van der Waals surface area contributed by atoms with Gasteiger partial charge in [-0.1, -0.05) is 13.0 Å². The number of aromatic amines is 1. The molecule has 0 bridgehead atoms. The predicted octanol–water partition coefficient (Wildman–Crippen LogP) is 2.18. The summed E-state index contributed by atoms with van der Waals surface area (Å²) in [6.45, 7) is 1.94. The van der Waals surface area contributed by atoms with Crippen LogP contribution in [0, 0.1) is 16.4 Å². The lowest BCUT2D eigenvalue weighted by molar-refractivity contribution is 0.506. The van der Waals surface area contributed by atoms with Gasteiger partial charge in [0.2, 0.25) is 5.16 Å². The van der Waals surface area contributed by atoms with Crippen molar-refractivity contribution in [3.05, 3.63) is 45.9 Å². The Labute approximate surface area is 143 Å². The average molecular weight is 366 g/mol. The number of nitrogens with zero attached hydrogens (tertiary/aromatic N) is 3. The minimum atomic E-state index is -0.990. The van der Waals surface area contributed by atoms with Gasteiger partial charge in [0, 0.05) is 5.75 Å². The molecule has 0 saturated heterocycles. The van der Waals surface area contributed by atoms with Crippen LogP contribution in [0.15, 0.2) is 28.2 Å². The van der Waals surface area contributed by atoms with Crippen LogP contribution in [0.2, 0.25) is 0 Å². The number of fused-ring (bicyclic) bond motifs is 1. The lowest BCUT2D eigenvalue weighted by atomic mass is 10.2. The van der Waals surface area contributed by atoms with Crippen molar-refractivity contribution < 1.29 is 8.78 Å². The highest BCUT2D eigenvalue weighted by molar-refractivity contribution is 7.85. The van der Waals surface area contributed by atoms with Gasteiger partial charge in [0.05, 0.1) is 6.54 Å². The van der Waals surface area contributed by atoms with E-state index in [1.807, 2.05) is 6.92 Å². The van der Waals surface area contributed by atoms with E-state index in [0.717, 1.165) is 18.6 Å². The summed E-state index contributed by atoms with van der Waals surface area (Å²) in [6, 6.07) is 3.42. The molecule has 0 spiro atoms. The van der Waals surface area contributed by atoms with Gasteiger partial charge in [-0.05, 0) is 34.8 Å². The van der Waals surface area contributed by atoms with Gasteiger partial charge in [0.1, 0.15) is 5.52 Å². The van der Waals surface area contributed by atoms with Crippen LogP contribution < -0.4 is 11.4 Å². The summed E-state index contributed by atoms with van der Waals surface area (Å²) < 4.78 is 35.8. The second kappa shape index (κ2) is 6.71. The van der Waals surface area contributed by atoms with E-state index in [2.05, 4.69) is 15.0 Å². The van der Waals surface area contributed by atoms with Crippen LogP contribution in [-0.2, 0) is 17.2 Å². The fourth-order valence-electron chi connectivity index (χ4n) is 2.40. The normalized spacial score (nSPS) is 12.6. The summed E-state index contributed by atoms with van der Waals surface area (Å²) in [6.07, 6.45) is 0.794. The van der Waals surface area contributed by atoms with E-state index in [0.29, 0.717) is 11.3 Å². The van der Waals surface area contributed by atoms with Crippen LogP contribution in [0.5, 0.6) is 0 Å². The van der Waals surface area contributed by atoms with Gasteiger partial charge in [-0.2, -0.15) is 0 Å².